The summed E-state index contributed by atoms with van der Waals surface area (Å²) in [6.45, 7) is 1.85. The molecule has 1 heterocycles. The molecular formula is C17H17Cl2N3O6. The number of rotatable bonds is 4. The lowest BCUT2D eigenvalue weighted by Crippen LogP contribution is -2.21. The maximum Gasteiger partial charge on any atom is 0.271 e. The molecule has 2 aromatic carbocycles. The predicted molar refractivity (Wildman–Crippen MR) is 104 cm³/mol. The third-order valence-electron chi connectivity index (χ3n) is 3.91. The first-order chi connectivity index (χ1) is 13.2. The van der Waals surface area contributed by atoms with E-state index in [1.165, 1.54) is 24.3 Å². The fraction of sp³-hybridized carbons (Fsp3) is 0.294. The maximum absolute atomic E-state index is 10.6. The number of hydrogen-bond donors (Lipinski definition) is 1. The quantitative estimate of drug-likeness (QED) is 0.568. The number of nitro benzene ring substituents is 2. The Labute approximate surface area is 170 Å². The van der Waals surface area contributed by atoms with Gasteiger partial charge in [-0.15, -0.1) is 0 Å². The molecule has 1 fully saturated rings. The van der Waals surface area contributed by atoms with Crippen LogP contribution in [0.2, 0.25) is 10.0 Å². The van der Waals surface area contributed by atoms with E-state index in [1.54, 1.807) is 6.07 Å². The highest BCUT2D eigenvalue weighted by molar-refractivity contribution is 6.32. The third kappa shape index (κ3) is 5.95. The van der Waals surface area contributed by atoms with Gasteiger partial charge in [0.15, 0.2) is 0 Å². The summed E-state index contributed by atoms with van der Waals surface area (Å²) in [6.07, 6.45) is 1.06. The topological polar surface area (TPSA) is 119 Å². The van der Waals surface area contributed by atoms with E-state index in [-0.39, 0.29) is 33.3 Å². The summed E-state index contributed by atoms with van der Waals surface area (Å²) in [5.41, 5.74) is -0.154. The molecule has 0 bridgehead atoms. The lowest BCUT2D eigenvalue weighted by Gasteiger charge is -2.14. The Hall–Kier alpha value is -2.62. The Morgan fingerprint density at radius 1 is 1.07 bits per heavy atom. The van der Waals surface area contributed by atoms with Crippen LogP contribution in [0, 0.1) is 20.2 Å². The molecule has 150 valence electrons. The van der Waals surface area contributed by atoms with Crippen molar-refractivity contribution in [3.63, 3.8) is 0 Å². The van der Waals surface area contributed by atoms with E-state index in [4.69, 9.17) is 33.0 Å². The van der Waals surface area contributed by atoms with Crippen molar-refractivity contribution in [3.05, 3.63) is 66.7 Å². The fourth-order valence-corrected chi connectivity index (χ4v) is 2.87. The van der Waals surface area contributed by atoms with Crippen LogP contribution in [0.25, 0.3) is 0 Å². The van der Waals surface area contributed by atoms with E-state index in [9.17, 15) is 20.2 Å². The van der Waals surface area contributed by atoms with Crippen molar-refractivity contribution in [1.82, 2.24) is 4.90 Å². The number of aromatic hydroxyl groups is 1. The van der Waals surface area contributed by atoms with E-state index in [2.05, 4.69) is 4.90 Å². The summed E-state index contributed by atoms with van der Waals surface area (Å²) in [5.74, 6) is 0.356. The number of likely N-dealkylation sites (N-methyl/N-ethyl adjacent to an activating group) is 1. The minimum Gasteiger partial charge on any atom is -0.506 e. The van der Waals surface area contributed by atoms with Crippen LogP contribution < -0.4 is 4.74 Å². The van der Waals surface area contributed by atoms with Gasteiger partial charge in [-0.3, -0.25) is 20.2 Å². The van der Waals surface area contributed by atoms with Gasteiger partial charge < -0.3 is 14.7 Å². The SMILES string of the molecule is CN1CCC(Oc2ccc([N+](=O)[O-])cc2Cl)C1.O=[N+]([O-])c1ccc(O)c(Cl)c1. The normalized spacial score (nSPS) is 16.2. The zero-order valence-electron chi connectivity index (χ0n) is 14.7. The van der Waals surface area contributed by atoms with Gasteiger partial charge in [-0.1, -0.05) is 23.2 Å². The zero-order chi connectivity index (χ0) is 20.8. The largest absolute Gasteiger partial charge is 0.506 e. The smallest absolute Gasteiger partial charge is 0.271 e. The molecule has 3 rings (SSSR count). The number of halogens is 2. The number of nitro groups is 2. The Bertz CT molecular complexity index is 880. The summed E-state index contributed by atoms with van der Waals surface area (Å²) in [4.78, 5) is 21.8. The van der Waals surface area contributed by atoms with E-state index < -0.39 is 9.85 Å². The second-order valence-electron chi connectivity index (χ2n) is 6.06. The van der Waals surface area contributed by atoms with Gasteiger partial charge in [0, 0.05) is 37.4 Å². The molecule has 2 aromatic rings. The molecule has 9 nitrogen and oxygen atoms in total. The van der Waals surface area contributed by atoms with Crippen LogP contribution in [0.3, 0.4) is 0 Å². The van der Waals surface area contributed by atoms with Gasteiger partial charge in [-0.05, 0) is 25.6 Å². The first kappa shape index (κ1) is 21.7. The van der Waals surface area contributed by atoms with Crippen LogP contribution in [0.1, 0.15) is 6.42 Å². The Balaban J connectivity index is 0.000000221. The Kier molecular flexibility index (Phi) is 7.38. The van der Waals surface area contributed by atoms with Crippen molar-refractivity contribution < 1.29 is 19.7 Å². The highest BCUT2D eigenvalue weighted by atomic mass is 35.5. The number of likely N-dealkylation sites (tertiary alicyclic amines) is 1. The van der Waals surface area contributed by atoms with Gasteiger partial charge in [-0.25, -0.2) is 0 Å². The summed E-state index contributed by atoms with van der Waals surface area (Å²) >= 11 is 11.3. The average molecular weight is 430 g/mol. The lowest BCUT2D eigenvalue weighted by atomic mass is 10.3. The zero-order valence-corrected chi connectivity index (χ0v) is 16.3. The van der Waals surface area contributed by atoms with Crippen LogP contribution in [0.15, 0.2) is 36.4 Å². The van der Waals surface area contributed by atoms with Crippen LogP contribution in [0.5, 0.6) is 11.5 Å². The molecule has 0 aromatic heterocycles. The molecule has 11 heteroatoms. The summed E-state index contributed by atoms with van der Waals surface area (Å²) in [6, 6.07) is 7.73. The molecule has 1 aliphatic rings. The minimum absolute atomic E-state index is 0.0146. The van der Waals surface area contributed by atoms with Crippen molar-refractivity contribution in [2.24, 2.45) is 0 Å². The molecule has 0 spiro atoms. The molecular weight excluding hydrogens is 413 g/mol. The van der Waals surface area contributed by atoms with Gasteiger partial charge in [0.05, 0.1) is 19.9 Å². The molecule has 1 N–H and O–H groups in total. The van der Waals surface area contributed by atoms with E-state index in [0.29, 0.717) is 5.75 Å². The Morgan fingerprint density at radius 3 is 2.11 bits per heavy atom. The molecule has 0 aliphatic carbocycles. The average Bonchev–Trinajstić information content (AvgIpc) is 3.04. The first-order valence-corrected chi connectivity index (χ1v) is 8.85. The number of hydrogen-bond acceptors (Lipinski definition) is 7. The summed E-state index contributed by atoms with van der Waals surface area (Å²) in [5, 5.41) is 29.8. The predicted octanol–water partition coefficient (Wildman–Crippen LogP) is 4.28. The van der Waals surface area contributed by atoms with Gasteiger partial charge >= 0.3 is 0 Å². The van der Waals surface area contributed by atoms with Crippen LogP contribution in [-0.2, 0) is 0 Å². The standard InChI is InChI=1S/C11H13ClN2O3.C6H4ClNO3/c1-13-5-4-9(7-13)17-11-3-2-8(14(15)16)6-10(11)12;7-5-3-4(8(10)11)1-2-6(5)9/h2-3,6,9H,4-5,7H2,1H3;1-3,9H. The van der Waals surface area contributed by atoms with E-state index in [0.717, 1.165) is 25.6 Å². The number of phenolic OH excluding ortho intramolecular Hbond substituents is 1. The first-order valence-electron chi connectivity index (χ1n) is 8.09. The summed E-state index contributed by atoms with van der Waals surface area (Å²) < 4.78 is 5.72. The number of ether oxygens (including phenoxy) is 1. The minimum atomic E-state index is -0.578. The van der Waals surface area contributed by atoms with Crippen LogP contribution in [-0.4, -0.2) is 46.1 Å². The molecule has 0 radical (unpaired) electrons. The van der Waals surface area contributed by atoms with Gasteiger partial charge in [0.1, 0.15) is 17.6 Å². The van der Waals surface area contributed by atoms with Crippen molar-refractivity contribution >= 4 is 34.6 Å². The van der Waals surface area contributed by atoms with Crippen molar-refractivity contribution in [1.29, 1.82) is 0 Å². The molecule has 0 saturated carbocycles. The highest BCUT2D eigenvalue weighted by Crippen LogP contribution is 2.30. The number of nitrogens with zero attached hydrogens (tertiary/aromatic N) is 3. The van der Waals surface area contributed by atoms with Crippen LogP contribution in [0.4, 0.5) is 11.4 Å². The molecule has 1 unspecified atom stereocenters. The van der Waals surface area contributed by atoms with Gasteiger partial charge in [-0.2, -0.15) is 0 Å². The second-order valence-corrected chi connectivity index (χ2v) is 6.87. The van der Waals surface area contributed by atoms with Crippen molar-refractivity contribution in [3.8, 4) is 11.5 Å². The second kappa shape index (κ2) is 9.54. The number of non-ortho nitro benzene ring substituents is 2. The van der Waals surface area contributed by atoms with E-state index in [1.807, 2.05) is 7.05 Å². The monoisotopic (exact) mass is 429 g/mol. The lowest BCUT2D eigenvalue weighted by molar-refractivity contribution is -0.385. The molecule has 1 aliphatic heterocycles. The number of phenols is 1. The fourth-order valence-electron chi connectivity index (χ4n) is 2.48. The van der Waals surface area contributed by atoms with Crippen molar-refractivity contribution in [2.75, 3.05) is 20.1 Å². The maximum atomic E-state index is 10.6. The van der Waals surface area contributed by atoms with E-state index >= 15 is 0 Å². The summed E-state index contributed by atoms with van der Waals surface area (Å²) in [7, 11) is 2.03. The third-order valence-corrected chi connectivity index (χ3v) is 4.51. The van der Waals surface area contributed by atoms with Gasteiger partial charge in [0.25, 0.3) is 11.4 Å². The molecule has 0 amide bonds. The molecule has 28 heavy (non-hydrogen) atoms. The van der Waals surface area contributed by atoms with Gasteiger partial charge in [0.2, 0.25) is 0 Å². The van der Waals surface area contributed by atoms with Crippen molar-refractivity contribution in [2.45, 2.75) is 12.5 Å². The van der Waals surface area contributed by atoms with Crippen LogP contribution >= 0.6 is 23.2 Å². The number of benzene rings is 2. The molecule has 1 saturated heterocycles. The Morgan fingerprint density at radius 2 is 1.64 bits per heavy atom. The molecule has 1 atom stereocenters. The highest BCUT2D eigenvalue weighted by Gasteiger charge is 2.22.